The van der Waals surface area contributed by atoms with Gasteiger partial charge in [0.2, 0.25) is 0 Å². The molecule has 0 bridgehead atoms. The van der Waals surface area contributed by atoms with Crippen LogP contribution in [0.2, 0.25) is 0 Å². The number of hydrogen-bond donors (Lipinski definition) is 1. The molecule has 1 amide bonds. The van der Waals surface area contributed by atoms with Crippen LogP contribution >= 0.6 is 0 Å². The van der Waals surface area contributed by atoms with E-state index in [9.17, 15) is 4.79 Å². The summed E-state index contributed by atoms with van der Waals surface area (Å²) in [4.78, 5) is 12.7. The van der Waals surface area contributed by atoms with E-state index in [1.54, 1.807) is 6.08 Å². The summed E-state index contributed by atoms with van der Waals surface area (Å²) in [5.74, 6) is 0.563. The minimum atomic E-state index is -0.171. The van der Waals surface area contributed by atoms with E-state index in [0.29, 0.717) is 17.9 Å². The zero-order chi connectivity index (χ0) is 16.3. The lowest BCUT2D eigenvalue weighted by molar-refractivity contribution is 0.0880. The number of hydrogen-bond acceptors (Lipinski definition) is 2. The molecule has 0 saturated heterocycles. The van der Waals surface area contributed by atoms with E-state index in [4.69, 9.17) is 4.74 Å². The molecule has 1 N–H and O–H groups in total. The number of carbonyl (C=O) groups is 1. The van der Waals surface area contributed by atoms with Gasteiger partial charge in [0.25, 0.3) is 5.91 Å². The van der Waals surface area contributed by atoms with Crippen LogP contribution in [0, 0.1) is 0 Å². The Balaban J connectivity index is 2.05. The van der Waals surface area contributed by atoms with Crippen molar-refractivity contribution < 1.29 is 9.53 Å². The Morgan fingerprint density at radius 3 is 2.74 bits per heavy atom. The molecule has 3 heteroatoms. The summed E-state index contributed by atoms with van der Waals surface area (Å²) in [6, 6.07) is 11.9. The predicted octanol–water partition coefficient (Wildman–Crippen LogP) is 4.47. The van der Waals surface area contributed by atoms with Gasteiger partial charge in [-0.3, -0.25) is 4.79 Å². The van der Waals surface area contributed by atoms with E-state index in [1.165, 1.54) is 12.8 Å². The molecule has 1 aliphatic carbocycles. The van der Waals surface area contributed by atoms with E-state index in [0.717, 1.165) is 23.6 Å². The largest absolute Gasteiger partial charge is 0.487 e. The Morgan fingerprint density at radius 1 is 1.26 bits per heavy atom. The molecule has 0 aliphatic heterocycles. The first-order valence-corrected chi connectivity index (χ1v) is 8.23. The van der Waals surface area contributed by atoms with Gasteiger partial charge < -0.3 is 10.1 Å². The SMILES string of the molecule is C=CCNC(=O)c1c(OC2(C)CCCC2)ccc2ccccc12. The number of amides is 1. The molecular weight excluding hydrogens is 286 g/mol. The first kappa shape index (κ1) is 15.6. The summed E-state index contributed by atoms with van der Waals surface area (Å²) in [6.07, 6.45) is 6.12. The van der Waals surface area contributed by atoms with Gasteiger partial charge in [0.1, 0.15) is 11.4 Å². The van der Waals surface area contributed by atoms with Crippen LogP contribution in [0.1, 0.15) is 43.0 Å². The van der Waals surface area contributed by atoms with E-state index < -0.39 is 0 Å². The van der Waals surface area contributed by atoms with E-state index >= 15 is 0 Å². The molecule has 1 fully saturated rings. The van der Waals surface area contributed by atoms with Crippen LogP contribution in [0.4, 0.5) is 0 Å². The number of ether oxygens (including phenoxy) is 1. The van der Waals surface area contributed by atoms with Crippen molar-refractivity contribution in [3.8, 4) is 5.75 Å². The van der Waals surface area contributed by atoms with Crippen molar-refractivity contribution in [3.05, 3.63) is 54.6 Å². The molecule has 1 saturated carbocycles. The van der Waals surface area contributed by atoms with Gasteiger partial charge in [-0.2, -0.15) is 0 Å². The smallest absolute Gasteiger partial charge is 0.255 e. The molecule has 0 unspecified atom stereocenters. The second-order valence-corrected chi connectivity index (χ2v) is 6.42. The monoisotopic (exact) mass is 309 g/mol. The summed E-state index contributed by atoms with van der Waals surface area (Å²) in [7, 11) is 0. The number of rotatable bonds is 5. The van der Waals surface area contributed by atoms with E-state index in [2.05, 4.69) is 18.8 Å². The normalized spacial score (nSPS) is 16.2. The quantitative estimate of drug-likeness (QED) is 0.828. The number of fused-ring (bicyclic) bond motifs is 1. The highest BCUT2D eigenvalue weighted by Crippen LogP contribution is 2.37. The predicted molar refractivity (Wildman–Crippen MR) is 94.0 cm³/mol. The van der Waals surface area contributed by atoms with Crippen molar-refractivity contribution in [2.24, 2.45) is 0 Å². The van der Waals surface area contributed by atoms with Crippen LogP contribution < -0.4 is 10.1 Å². The molecular formula is C20H23NO2. The molecule has 2 aromatic carbocycles. The van der Waals surface area contributed by atoms with Crippen LogP contribution in [0.5, 0.6) is 5.75 Å². The molecule has 1 aliphatic rings. The first-order chi connectivity index (χ1) is 11.1. The van der Waals surface area contributed by atoms with Crippen LogP contribution in [-0.4, -0.2) is 18.1 Å². The Bertz CT molecular complexity index is 729. The number of carbonyl (C=O) groups excluding carboxylic acids is 1. The minimum absolute atomic E-state index is 0.113. The Hall–Kier alpha value is -2.29. The third-order valence-corrected chi connectivity index (χ3v) is 4.54. The number of nitrogens with one attached hydrogen (secondary N) is 1. The standard InChI is InChI=1S/C20H23NO2/c1-3-14-21-19(22)18-16-9-5-4-8-15(16)10-11-17(18)23-20(2)12-6-7-13-20/h3-5,8-11H,1,6-7,12-14H2,2H3,(H,21,22). The van der Waals surface area contributed by atoms with Crippen molar-refractivity contribution >= 4 is 16.7 Å². The van der Waals surface area contributed by atoms with Gasteiger partial charge in [0.05, 0.1) is 5.56 Å². The third kappa shape index (κ3) is 3.24. The van der Waals surface area contributed by atoms with Gasteiger partial charge in [0, 0.05) is 6.54 Å². The second kappa shape index (κ2) is 6.45. The zero-order valence-corrected chi connectivity index (χ0v) is 13.6. The fourth-order valence-electron chi connectivity index (χ4n) is 3.31. The van der Waals surface area contributed by atoms with Crippen molar-refractivity contribution in [2.45, 2.75) is 38.2 Å². The van der Waals surface area contributed by atoms with Crippen molar-refractivity contribution in [2.75, 3.05) is 6.54 Å². The van der Waals surface area contributed by atoms with Crippen molar-refractivity contribution in [1.29, 1.82) is 0 Å². The zero-order valence-electron chi connectivity index (χ0n) is 13.6. The highest BCUT2D eigenvalue weighted by Gasteiger charge is 2.32. The van der Waals surface area contributed by atoms with Crippen molar-refractivity contribution in [3.63, 3.8) is 0 Å². The molecule has 2 aromatic rings. The molecule has 3 nitrogen and oxygen atoms in total. The maximum absolute atomic E-state index is 12.7. The summed E-state index contributed by atoms with van der Waals surface area (Å²) >= 11 is 0. The van der Waals surface area contributed by atoms with Crippen LogP contribution in [-0.2, 0) is 0 Å². The topological polar surface area (TPSA) is 38.3 Å². The highest BCUT2D eigenvalue weighted by molar-refractivity contribution is 6.09. The summed E-state index contributed by atoms with van der Waals surface area (Å²) in [5, 5.41) is 4.85. The summed E-state index contributed by atoms with van der Waals surface area (Å²) in [6.45, 7) is 6.24. The molecule has 23 heavy (non-hydrogen) atoms. The van der Waals surface area contributed by atoms with E-state index in [1.807, 2.05) is 36.4 Å². The summed E-state index contributed by atoms with van der Waals surface area (Å²) < 4.78 is 6.32. The van der Waals surface area contributed by atoms with Gasteiger partial charge in [-0.25, -0.2) is 0 Å². The minimum Gasteiger partial charge on any atom is -0.487 e. The molecule has 0 spiro atoms. The maximum atomic E-state index is 12.7. The summed E-state index contributed by atoms with van der Waals surface area (Å²) in [5.41, 5.74) is 0.453. The van der Waals surface area contributed by atoms with Crippen molar-refractivity contribution in [1.82, 2.24) is 5.32 Å². The van der Waals surface area contributed by atoms with E-state index in [-0.39, 0.29) is 11.5 Å². The fraction of sp³-hybridized carbons (Fsp3) is 0.350. The average molecular weight is 309 g/mol. The molecule has 0 heterocycles. The lowest BCUT2D eigenvalue weighted by Gasteiger charge is -2.27. The Kier molecular flexibility index (Phi) is 4.37. The molecule has 0 atom stereocenters. The average Bonchev–Trinajstić information content (AvgIpc) is 2.98. The Labute approximate surface area is 137 Å². The Morgan fingerprint density at radius 2 is 2.00 bits per heavy atom. The third-order valence-electron chi connectivity index (χ3n) is 4.54. The van der Waals surface area contributed by atoms with Gasteiger partial charge in [-0.1, -0.05) is 36.4 Å². The molecule has 0 aromatic heterocycles. The van der Waals surface area contributed by atoms with Gasteiger partial charge in [-0.15, -0.1) is 6.58 Å². The lowest BCUT2D eigenvalue weighted by Crippen LogP contribution is -2.30. The lowest BCUT2D eigenvalue weighted by atomic mass is 10.0. The van der Waals surface area contributed by atoms with Gasteiger partial charge >= 0.3 is 0 Å². The van der Waals surface area contributed by atoms with Gasteiger partial charge in [-0.05, 0) is 49.4 Å². The van der Waals surface area contributed by atoms with Crippen LogP contribution in [0.25, 0.3) is 10.8 Å². The molecule has 3 rings (SSSR count). The van der Waals surface area contributed by atoms with Gasteiger partial charge in [0.15, 0.2) is 0 Å². The molecule has 120 valence electrons. The second-order valence-electron chi connectivity index (χ2n) is 6.42. The molecule has 0 radical (unpaired) electrons. The van der Waals surface area contributed by atoms with Crippen LogP contribution in [0.3, 0.4) is 0 Å². The fourth-order valence-corrected chi connectivity index (χ4v) is 3.31. The number of benzene rings is 2. The van der Waals surface area contributed by atoms with Crippen LogP contribution in [0.15, 0.2) is 49.1 Å². The highest BCUT2D eigenvalue weighted by atomic mass is 16.5. The maximum Gasteiger partial charge on any atom is 0.255 e. The first-order valence-electron chi connectivity index (χ1n) is 8.23.